The molecular formula is C16H28N2O4Ti. The van der Waals surface area contributed by atoms with Crippen molar-refractivity contribution in [1.82, 2.24) is 0 Å². The van der Waals surface area contributed by atoms with Crippen LogP contribution in [0.3, 0.4) is 0 Å². The Balaban J connectivity index is -0.000000333. The molecule has 0 saturated heterocycles. The SMILES string of the molecule is CC(=O)C=C(C)[N-]CC(C)O.CC(=O)C=C(C)[N-]CC(C)O.[Ti+2]. The maximum Gasteiger partial charge on any atom is 2.00 e. The first-order chi connectivity index (χ1) is 10.0. The van der Waals surface area contributed by atoms with Crippen molar-refractivity contribution in [3.63, 3.8) is 0 Å². The fourth-order valence-corrected chi connectivity index (χ4v) is 1.23. The molecule has 0 fully saturated rings. The molecule has 0 bridgehead atoms. The summed E-state index contributed by atoms with van der Waals surface area (Å²) in [5, 5.41) is 25.6. The Labute approximate surface area is 154 Å². The Morgan fingerprint density at radius 2 is 1.09 bits per heavy atom. The summed E-state index contributed by atoms with van der Waals surface area (Å²) in [5.41, 5.74) is 1.33. The van der Waals surface area contributed by atoms with E-state index in [1.54, 1.807) is 27.7 Å². The van der Waals surface area contributed by atoms with E-state index in [2.05, 4.69) is 10.6 Å². The van der Waals surface area contributed by atoms with Crippen molar-refractivity contribution in [2.24, 2.45) is 0 Å². The maximum absolute atomic E-state index is 10.5. The third kappa shape index (κ3) is 26.3. The number of aliphatic hydroxyl groups excluding tert-OH is 2. The molecule has 7 heteroatoms. The minimum absolute atomic E-state index is 0. The van der Waals surface area contributed by atoms with E-state index < -0.39 is 12.2 Å². The van der Waals surface area contributed by atoms with Gasteiger partial charge in [0, 0.05) is 12.2 Å². The van der Waals surface area contributed by atoms with Crippen molar-refractivity contribution in [2.45, 2.75) is 53.8 Å². The van der Waals surface area contributed by atoms with Gasteiger partial charge in [0.2, 0.25) is 0 Å². The monoisotopic (exact) mass is 360 g/mol. The van der Waals surface area contributed by atoms with E-state index in [1.165, 1.54) is 26.0 Å². The van der Waals surface area contributed by atoms with Gasteiger partial charge >= 0.3 is 21.7 Å². The molecular weight excluding hydrogens is 332 g/mol. The van der Waals surface area contributed by atoms with Gasteiger partial charge in [0.05, 0.1) is 0 Å². The normalized spacial score (nSPS) is 13.7. The summed E-state index contributed by atoms with van der Waals surface area (Å²) < 4.78 is 0. The van der Waals surface area contributed by atoms with E-state index in [4.69, 9.17) is 10.2 Å². The number of ketones is 2. The van der Waals surface area contributed by atoms with E-state index >= 15 is 0 Å². The van der Waals surface area contributed by atoms with Crippen LogP contribution in [0.15, 0.2) is 23.5 Å². The Bertz CT molecular complexity index is 367. The summed E-state index contributed by atoms with van der Waals surface area (Å²) in [6.07, 6.45) is 2.01. The average Bonchev–Trinajstić information content (AvgIpc) is 2.33. The van der Waals surface area contributed by atoms with Gasteiger partial charge in [-0.3, -0.25) is 9.59 Å². The predicted octanol–water partition coefficient (Wildman–Crippen LogP) is 2.46. The quantitative estimate of drug-likeness (QED) is 0.513. The molecule has 0 aliphatic carbocycles. The van der Waals surface area contributed by atoms with Gasteiger partial charge in [-0.25, -0.2) is 0 Å². The van der Waals surface area contributed by atoms with Crippen molar-refractivity contribution in [3.8, 4) is 0 Å². The van der Waals surface area contributed by atoms with E-state index in [1.807, 2.05) is 0 Å². The number of hydrogen-bond donors (Lipinski definition) is 2. The summed E-state index contributed by atoms with van der Waals surface area (Å²) in [5.74, 6) is -0.0336. The van der Waals surface area contributed by atoms with Gasteiger partial charge in [-0.1, -0.05) is 13.8 Å². The van der Waals surface area contributed by atoms with Crippen LogP contribution in [0.25, 0.3) is 10.6 Å². The first kappa shape index (κ1) is 26.9. The number of rotatable bonds is 8. The molecule has 0 amide bonds. The first-order valence-corrected chi connectivity index (χ1v) is 7.13. The summed E-state index contributed by atoms with van der Waals surface area (Å²) in [6, 6.07) is 0. The van der Waals surface area contributed by atoms with Gasteiger partial charge in [0.15, 0.2) is 11.6 Å². The van der Waals surface area contributed by atoms with Crippen LogP contribution in [0.4, 0.5) is 0 Å². The Kier molecular flexibility index (Phi) is 18.7. The van der Waals surface area contributed by atoms with E-state index in [0.29, 0.717) is 24.5 Å². The molecule has 130 valence electrons. The summed E-state index contributed by atoms with van der Waals surface area (Å²) >= 11 is 0. The number of carbonyl (C=O) groups excluding carboxylic acids is 2. The van der Waals surface area contributed by atoms with Gasteiger partial charge in [-0.2, -0.15) is 11.4 Å². The predicted molar refractivity (Wildman–Crippen MR) is 88.7 cm³/mol. The molecule has 6 nitrogen and oxygen atoms in total. The molecule has 0 saturated carbocycles. The van der Waals surface area contributed by atoms with Gasteiger partial charge in [0.25, 0.3) is 0 Å². The number of aliphatic hydroxyl groups is 2. The van der Waals surface area contributed by atoms with Crippen molar-refractivity contribution in [3.05, 3.63) is 34.2 Å². The van der Waals surface area contributed by atoms with E-state index in [0.717, 1.165) is 0 Å². The topological polar surface area (TPSA) is 103 Å². The molecule has 0 aromatic carbocycles. The number of allylic oxidation sites excluding steroid dienone is 4. The third-order valence-electron chi connectivity index (χ3n) is 2.03. The number of carbonyl (C=O) groups is 2. The number of nitrogens with zero attached hydrogens (tertiary/aromatic N) is 2. The minimum Gasteiger partial charge on any atom is -0.686 e. The fourth-order valence-electron chi connectivity index (χ4n) is 1.23. The molecule has 23 heavy (non-hydrogen) atoms. The van der Waals surface area contributed by atoms with Gasteiger partial charge in [-0.15, -0.1) is 13.1 Å². The molecule has 0 aliphatic heterocycles. The summed E-state index contributed by atoms with van der Waals surface area (Å²) in [6.45, 7) is 10.5. The fraction of sp³-hybridized carbons (Fsp3) is 0.625. The molecule has 0 aromatic rings. The summed E-state index contributed by atoms with van der Waals surface area (Å²) in [4.78, 5) is 21.0. The third-order valence-corrected chi connectivity index (χ3v) is 2.03. The molecule has 0 aliphatic rings. The van der Waals surface area contributed by atoms with Crippen molar-refractivity contribution >= 4 is 11.6 Å². The first-order valence-electron chi connectivity index (χ1n) is 7.13. The van der Waals surface area contributed by atoms with Crippen LogP contribution in [-0.4, -0.2) is 47.1 Å². The van der Waals surface area contributed by atoms with Gasteiger partial charge in [0.1, 0.15) is 0 Å². The number of hydrogen-bond acceptors (Lipinski definition) is 4. The van der Waals surface area contributed by atoms with Crippen LogP contribution in [0.5, 0.6) is 0 Å². The Morgan fingerprint density at radius 1 is 0.826 bits per heavy atom. The molecule has 2 unspecified atom stereocenters. The van der Waals surface area contributed by atoms with Crippen LogP contribution in [0.2, 0.25) is 0 Å². The molecule has 2 atom stereocenters. The smallest absolute Gasteiger partial charge is 0.686 e. The molecule has 2 N–H and O–H groups in total. The molecule has 0 radical (unpaired) electrons. The van der Waals surface area contributed by atoms with Crippen molar-refractivity contribution in [1.29, 1.82) is 0 Å². The zero-order valence-corrected chi connectivity index (χ0v) is 16.4. The van der Waals surface area contributed by atoms with Crippen molar-refractivity contribution in [2.75, 3.05) is 13.1 Å². The van der Waals surface area contributed by atoms with E-state index in [9.17, 15) is 9.59 Å². The Morgan fingerprint density at radius 3 is 1.26 bits per heavy atom. The molecule has 0 rings (SSSR count). The average molecular weight is 360 g/mol. The van der Waals surface area contributed by atoms with Crippen LogP contribution in [0.1, 0.15) is 41.5 Å². The largest absolute Gasteiger partial charge is 2.00 e. The standard InChI is InChI=1S/2C8H15NO2.Ti/c2*1-6(4-7(2)10)9-5-8(3)11;/h2*4,8,11H,5H2,1-3H3,(H,9,10);/q;;+2/p-2. The van der Waals surface area contributed by atoms with Gasteiger partial charge < -0.3 is 20.8 Å². The van der Waals surface area contributed by atoms with Crippen LogP contribution >= 0.6 is 0 Å². The van der Waals surface area contributed by atoms with Gasteiger partial charge in [-0.05, 0) is 39.8 Å². The summed E-state index contributed by atoms with van der Waals surface area (Å²) in [7, 11) is 0. The molecule has 0 spiro atoms. The molecule has 0 heterocycles. The Hall–Kier alpha value is -0.946. The maximum atomic E-state index is 10.5. The van der Waals surface area contributed by atoms with Crippen LogP contribution in [-0.2, 0) is 31.3 Å². The van der Waals surface area contributed by atoms with E-state index in [-0.39, 0.29) is 33.3 Å². The second-order valence-electron chi connectivity index (χ2n) is 5.17. The van der Waals surface area contributed by atoms with Crippen LogP contribution < -0.4 is 0 Å². The zero-order valence-electron chi connectivity index (χ0n) is 14.8. The zero-order chi connectivity index (χ0) is 17.7. The van der Waals surface area contributed by atoms with Crippen molar-refractivity contribution < 1.29 is 41.5 Å². The minimum atomic E-state index is -0.440. The second-order valence-corrected chi connectivity index (χ2v) is 5.17. The molecule has 0 aromatic heterocycles. The second kappa shape index (κ2) is 15.9. The van der Waals surface area contributed by atoms with Crippen LogP contribution in [0, 0.1) is 0 Å².